The van der Waals surface area contributed by atoms with E-state index in [1.165, 1.54) is 4.90 Å². The van der Waals surface area contributed by atoms with Crippen molar-refractivity contribution in [2.45, 2.75) is 29.4 Å². The first-order valence-electron chi connectivity index (χ1n) is 11.5. The van der Waals surface area contributed by atoms with Gasteiger partial charge in [-0.05, 0) is 73.5 Å². The Kier molecular flexibility index (Phi) is 8.13. The number of amides is 1. The first kappa shape index (κ1) is 25.5. The average Bonchev–Trinajstić information content (AvgIpc) is 2.88. The van der Waals surface area contributed by atoms with Crippen molar-refractivity contribution in [3.63, 3.8) is 0 Å². The molecule has 0 spiro atoms. The molecular formula is C29H28N2O3S2. The fourth-order valence-electron chi connectivity index (χ4n) is 3.63. The van der Waals surface area contributed by atoms with Crippen LogP contribution in [0.2, 0.25) is 0 Å². The molecule has 0 saturated heterocycles. The SMILES string of the molecule is Cc1ccc(S(=O)(=O)N(CC(=O)Nc2ccc(CSc3ccccc3)cc2)c2cccc(C)c2)cc1. The maximum atomic E-state index is 13.5. The summed E-state index contributed by atoms with van der Waals surface area (Å²) in [4.78, 5) is 14.3. The molecule has 0 aromatic heterocycles. The predicted molar refractivity (Wildman–Crippen MR) is 148 cm³/mol. The third kappa shape index (κ3) is 6.56. The molecular weight excluding hydrogens is 488 g/mol. The number of rotatable bonds is 9. The molecule has 0 aliphatic rings. The van der Waals surface area contributed by atoms with Gasteiger partial charge in [-0.1, -0.05) is 60.2 Å². The van der Waals surface area contributed by atoms with E-state index in [-0.39, 0.29) is 11.4 Å². The van der Waals surface area contributed by atoms with Gasteiger partial charge in [0.25, 0.3) is 10.0 Å². The molecule has 1 amide bonds. The van der Waals surface area contributed by atoms with Crippen molar-refractivity contribution in [1.82, 2.24) is 0 Å². The van der Waals surface area contributed by atoms with Crippen LogP contribution in [0.15, 0.2) is 113 Å². The maximum Gasteiger partial charge on any atom is 0.264 e. The summed E-state index contributed by atoms with van der Waals surface area (Å²) >= 11 is 1.74. The number of nitrogens with one attached hydrogen (secondary N) is 1. The van der Waals surface area contributed by atoms with Crippen LogP contribution in [0.1, 0.15) is 16.7 Å². The number of hydrogen-bond acceptors (Lipinski definition) is 4. The third-order valence-electron chi connectivity index (χ3n) is 5.57. The van der Waals surface area contributed by atoms with Crippen LogP contribution in [0.3, 0.4) is 0 Å². The molecule has 36 heavy (non-hydrogen) atoms. The smallest absolute Gasteiger partial charge is 0.264 e. The minimum atomic E-state index is -3.95. The van der Waals surface area contributed by atoms with Crippen molar-refractivity contribution >= 4 is 39.1 Å². The summed E-state index contributed by atoms with van der Waals surface area (Å²) in [6, 6.07) is 31.5. The van der Waals surface area contributed by atoms with Crippen LogP contribution >= 0.6 is 11.8 Å². The molecule has 4 rings (SSSR count). The molecule has 5 nitrogen and oxygen atoms in total. The van der Waals surface area contributed by atoms with Gasteiger partial charge >= 0.3 is 0 Å². The Morgan fingerprint density at radius 2 is 1.50 bits per heavy atom. The molecule has 4 aromatic carbocycles. The highest BCUT2D eigenvalue weighted by Gasteiger charge is 2.27. The lowest BCUT2D eigenvalue weighted by Gasteiger charge is -2.24. The zero-order valence-electron chi connectivity index (χ0n) is 20.2. The number of benzene rings is 4. The molecule has 0 aliphatic carbocycles. The topological polar surface area (TPSA) is 66.5 Å². The van der Waals surface area contributed by atoms with Crippen LogP contribution in [-0.2, 0) is 20.6 Å². The lowest BCUT2D eigenvalue weighted by molar-refractivity contribution is -0.114. The monoisotopic (exact) mass is 516 g/mol. The highest BCUT2D eigenvalue weighted by atomic mass is 32.2. The standard InChI is InChI=1S/C29H28N2O3S2/c1-22-11-17-28(18-12-22)36(33,34)31(26-8-6-7-23(2)19-26)20-29(32)30-25-15-13-24(14-16-25)21-35-27-9-4-3-5-10-27/h3-19H,20-21H2,1-2H3,(H,30,32). The summed E-state index contributed by atoms with van der Waals surface area (Å²) < 4.78 is 28.2. The first-order chi connectivity index (χ1) is 17.3. The zero-order chi connectivity index (χ0) is 25.5. The lowest BCUT2D eigenvalue weighted by atomic mass is 10.2. The van der Waals surface area contributed by atoms with Gasteiger partial charge in [0.05, 0.1) is 10.6 Å². The van der Waals surface area contributed by atoms with Crippen molar-refractivity contribution in [3.05, 3.63) is 120 Å². The second-order valence-electron chi connectivity index (χ2n) is 8.51. The van der Waals surface area contributed by atoms with E-state index in [1.807, 2.05) is 62.4 Å². The molecule has 0 heterocycles. The number of carbonyl (C=O) groups is 1. The molecule has 4 aromatic rings. The fourth-order valence-corrected chi connectivity index (χ4v) is 5.92. The predicted octanol–water partition coefficient (Wildman–Crippen LogP) is 6.43. The van der Waals surface area contributed by atoms with Gasteiger partial charge in [0.15, 0.2) is 0 Å². The van der Waals surface area contributed by atoms with Gasteiger partial charge in [0.2, 0.25) is 5.91 Å². The molecule has 0 atom stereocenters. The summed E-state index contributed by atoms with van der Waals surface area (Å²) in [7, 11) is -3.95. The summed E-state index contributed by atoms with van der Waals surface area (Å²) in [5.41, 5.74) is 4.05. The molecule has 1 N–H and O–H groups in total. The summed E-state index contributed by atoms with van der Waals surface area (Å²) in [6.07, 6.45) is 0. The van der Waals surface area contributed by atoms with E-state index in [9.17, 15) is 13.2 Å². The Morgan fingerprint density at radius 3 is 2.17 bits per heavy atom. The van der Waals surface area contributed by atoms with Crippen molar-refractivity contribution in [3.8, 4) is 0 Å². The minimum Gasteiger partial charge on any atom is -0.325 e. The van der Waals surface area contributed by atoms with Gasteiger partial charge in [-0.2, -0.15) is 0 Å². The molecule has 7 heteroatoms. The fraction of sp³-hybridized carbons (Fsp3) is 0.138. The van der Waals surface area contributed by atoms with Crippen molar-refractivity contribution in [1.29, 1.82) is 0 Å². The number of anilines is 2. The largest absolute Gasteiger partial charge is 0.325 e. The van der Waals surface area contributed by atoms with E-state index in [1.54, 1.807) is 54.2 Å². The van der Waals surface area contributed by atoms with E-state index < -0.39 is 15.9 Å². The van der Waals surface area contributed by atoms with Crippen molar-refractivity contribution in [2.75, 3.05) is 16.2 Å². The van der Waals surface area contributed by atoms with E-state index in [0.29, 0.717) is 11.4 Å². The number of thioether (sulfide) groups is 1. The first-order valence-corrected chi connectivity index (χ1v) is 14.0. The van der Waals surface area contributed by atoms with Crippen LogP contribution in [0.25, 0.3) is 0 Å². The Balaban J connectivity index is 1.48. The third-order valence-corrected chi connectivity index (χ3v) is 8.44. The average molecular weight is 517 g/mol. The van der Waals surface area contributed by atoms with Gasteiger partial charge < -0.3 is 5.32 Å². The molecule has 0 aliphatic heterocycles. The summed E-state index contributed by atoms with van der Waals surface area (Å²) in [5, 5.41) is 2.84. The van der Waals surface area contributed by atoms with Crippen molar-refractivity contribution < 1.29 is 13.2 Å². The van der Waals surface area contributed by atoms with Crippen LogP contribution in [0.4, 0.5) is 11.4 Å². The van der Waals surface area contributed by atoms with E-state index in [0.717, 1.165) is 26.7 Å². The highest BCUT2D eigenvalue weighted by molar-refractivity contribution is 7.98. The van der Waals surface area contributed by atoms with Gasteiger partial charge in [-0.3, -0.25) is 9.10 Å². The summed E-state index contributed by atoms with van der Waals surface area (Å²) in [5.74, 6) is 0.396. The molecule has 0 radical (unpaired) electrons. The Morgan fingerprint density at radius 1 is 0.806 bits per heavy atom. The normalized spacial score (nSPS) is 11.2. The minimum absolute atomic E-state index is 0.141. The number of nitrogens with zero attached hydrogens (tertiary/aromatic N) is 1. The molecule has 0 saturated carbocycles. The molecule has 0 unspecified atom stereocenters. The Labute approximate surface area is 217 Å². The van der Waals surface area contributed by atoms with Crippen LogP contribution in [0.5, 0.6) is 0 Å². The van der Waals surface area contributed by atoms with Crippen LogP contribution in [-0.4, -0.2) is 20.9 Å². The van der Waals surface area contributed by atoms with E-state index in [4.69, 9.17) is 0 Å². The van der Waals surface area contributed by atoms with E-state index >= 15 is 0 Å². The zero-order valence-corrected chi connectivity index (χ0v) is 21.9. The quantitative estimate of drug-likeness (QED) is 0.260. The molecule has 0 fully saturated rings. The Bertz CT molecular complexity index is 1420. The highest BCUT2D eigenvalue weighted by Crippen LogP contribution is 2.26. The van der Waals surface area contributed by atoms with Crippen LogP contribution in [0, 0.1) is 13.8 Å². The van der Waals surface area contributed by atoms with E-state index in [2.05, 4.69) is 17.4 Å². The molecule has 0 bridgehead atoms. The summed E-state index contributed by atoms with van der Waals surface area (Å²) in [6.45, 7) is 3.44. The van der Waals surface area contributed by atoms with Gasteiger partial charge in [0, 0.05) is 16.3 Å². The number of sulfonamides is 1. The second kappa shape index (κ2) is 11.5. The number of hydrogen-bond donors (Lipinski definition) is 1. The maximum absolute atomic E-state index is 13.5. The van der Waals surface area contributed by atoms with Gasteiger partial charge in [-0.15, -0.1) is 11.8 Å². The second-order valence-corrected chi connectivity index (χ2v) is 11.4. The lowest BCUT2D eigenvalue weighted by Crippen LogP contribution is -2.38. The Hall–Kier alpha value is -3.55. The van der Waals surface area contributed by atoms with Gasteiger partial charge in [-0.25, -0.2) is 8.42 Å². The van der Waals surface area contributed by atoms with Crippen molar-refractivity contribution in [2.24, 2.45) is 0 Å². The number of carbonyl (C=O) groups excluding carboxylic acids is 1. The number of aryl methyl sites for hydroxylation is 2. The van der Waals surface area contributed by atoms with Gasteiger partial charge in [0.1, 0.15) is 6.54 Å². The van der Waals surface area contributed by atoms with Crippen LogP contribution < -0.4 is 9.62 Å². The molecule has 184 valence electrons.